The molecule has 5 fully saturated rings. The fourth-order valence-corrected chi connectivity index (χ4v) is 6.40. The first-order chi connectivity index (χ1) is 16.9. The van der Waals surface area contributed by atoms with E-state index in [0.717, 1.165) is 31.2 Å². The molecule has 6 rings (SSSR count). The Morgan fingerprint density at radius 3 is 2.53 bits per heavy atom. The maximum absolute atomic E-state index is 12.4. The lowest BCUT2D eigenvalue weighted by Crippen LogP contribution is -2.70. The van der Waals surface area contributed by atoms with Gasteiger partial charge in [0.2, 0.25) is 5.79 Å². The van der Waals surface area contributed by atoms with E-state index in [0.29, 0.717) is 24.0 Å². The molecular formula is C27H37NO8. The van der Waals surface area contributed by atoms with Gasteiger partial charge in [-0.3, -0.25) is 4.79 Å². The summed E-state index contributed by atoms with van der Waals surface area (Å²) in [6.07, 6.45) is 2.85. The monoisotopic (exact) mass is 503 g/mol. The highest BCUT2D eigenvalue weighted by molar-refractivity contribution is 5.97. The largest absolute Gasteiger partial charge is 0.480 e. The van der Waals surface area contributed by atoms with E-state index in [2.05, 4.69) is 19.2 Å². The number of hydrogen-bond donors (Lipinski definition) is 2. The van der Waals surface area contributed by atoms with Gasteiger partial charge in [-0.25, -0.2) is 14.6 Å². The van der Waals surface area contributed by atoms with E-state index in [4.69, 9.17) is 24.0 Å². The van der Waals surface area contributed by atoms with Gasteiger partial charge >= 0.3 is 5.97 Å². The molecule has 1 aromatic carbocycles. The summed E-state index contributed by atoms with van der Waals surface area (Å²) >= 11 is 0. The van der Waals surface area contributed by atoms with Crippen LogP contribution >= 0.6 is 0 Å². The first-order valence-corrected chi connectivity index (χ1v) is 12.9. The van der Waals surface area contributed by atoms with Crippen molar-refractivity contribution in [3.63, 3.8) is 0 Å². The van der Waals surface area contributed by atoms with Gasteiger partial charge in [0, 0.05) is 23.8 Å². The summed E-state index contributed by atoms with van der Waals surface area (Å²) < 4.78 is 19.1. The number of aliphatic carboxylic acids is 1. The van der Waals surface area contributed by atoms with Crippen LogP contribution in [-0.2, 0) is 35.4 Å². The van der Waals surface area contributed by atoms with E-state index in [1.165, 1.54) is 13.8 Å². The summed E-state index contributed by atoms with van der Waals surface area (Å²) in [5.41, 5.74) is -0.712. The molecule has 9 nitrogen and oxygen atoms in total. The van der Waals surface area contributed by atoms with Gasteiger partial charge in [0.15, 0.2) is 18.2 Å². The molecule has 4 aliphatic heterocycles. The third kappa shape index (κ3) is 4.24. The molecule has 0 aromatic heterocycles. The molecule has 1 aliphatic carbocycles. The maximum atomic E-state index is 12.4. The van der Waals surface area contributed by atoms with E-state index in [1.54, 1.807) is 24.3 Å². The zero-order valence-electron chi connectivity index (χ0n) is 21.6. The van der Waals surface area contributed by atoms with Crippen molar-refractivity contribution in [3.8, 4) is 0 Å². The first kappa shape index (κ1) is 25.6. The van der Waals surface area contributed by atoms with Crippen LogP contribution < -0.4 is 5.32 Å². The number of hydrogen-bond acceptors (Lipinski definition) is 7. The molecule has 9 heteroatoms. The predicted octanol–water partition coefficient (Wildman–Crippen LogP) is 4.00. The molecule has 2 bridgehead atoms. The Bertz CT molecular complexity index is 1010. The van der Waals surface area contributed by atoms with Crippen molar-refractivity contribution < 1.29 is 38.7 Å². The second-order valence-corrected chi connectivity index (χ2v) is 11.7. The van der Waals surface area contributed by atoms with Crippen LogP contribution in [0, 0.1) is 23.7 Å². The number of benzene rings is 1. The van der Waals surface area contributed by atoms with Crippen LogP contribution in [0.5, 0.6) is 0 Å². The molecule has 4 heterocycles. The van der Waals surface area contributed by atoms with Crippen molar-refractivity contribution in [3.05, 3.63) is 35.4 Å². The van der Waals surface area contributed by atoms with Crippen LogP contribution in [0.2, 0.25) is 0 Å². The fourth-order valence-electron chi connectivity index (χ4n) is 6.40. The number of carbonyl (C=O) groups excluding carboxylic acids is 1. The van der Waals surface area contributed by atoms with Crippen LogP contribution in [0.15, 0.2) is 24.3 Å². The van der Waals surface area contributed by atoms with Crippen LogP contribution in [-0.4, -0.2) is 46.5 Å². The minimum absolute atomic E-state index is 0.0780. The number of carboxylic acids is 1. The van der Waals surface area contributed by atoms with E-state index >= 15 is 0 Å². The smallest absolute Gasteiger partial charge is 0.328 e. The molecule has 198 valence electrons. The van der Waals surface area contributed by atoms with Crippen molar-refractivity contribution in [1.29, 1.82) is 0 Å². The average Bonchev–Trinajstić information content (AvgIpc) is 3.06. The van der Waals surface area contributed by atoms with Gasteiger partial charge in [-0.1, -0.05) is 26.0 Å². The van der Waals surface area contributed by atoms with Gasteiger partial charge in [-0.05, 0) is 69.6 Å². The SMILES string of the molecule is C[C@H]1[C@@H](OCc2ccc(C(=O)NC(C)(C)C(=O)O)cc2)O[C@@H]2O[C@@]3(C)CC[C@H]4[C@H](C)CC[C@@H]1[C@@]24OO3. The average molecular weight is 504 g/mol. The van der Waals surface area contributed by atoms with Gasteiger partial charge in [-0.2, -0.15) is 0 Å². The molecule has 1 spiro atoms. The summed E-state index contributed by atoms with van der Waals surface area (Å²) in [7, 11) is 0. The lowest BCUT2D eigenvalue weighted by Gasteiger charge is -2.60. The van der Waals surface area contributed by atoms with Crippen molar-refractivity contribution in [2.24, 2.45) is 23.7 Å². The maximum Gasteiger partial charge on any atom is 0.328 e. The molecule has 1 saturated carbocycles. The number of nitrogens with one attached hydrogen (secondary N) is 1. The zero-order chi connectivity index (χ0) is 25.9. The molecule has 8 atom stereocenters. The van der Waals surface area contributed by atoms with Gasteiger partial charge in [-0.15, -0.1) is 0 Å². The van der Waals surface area contributed by atoms with Gasteiger partial charge < -0.3 is 24.6 Å². The molecule has 4 saturated heterocycles. The highest BCUT2D eigenvalue weighted by Gasteiger charge is 2.69. The van der Waals surface area contributed by atoms with E-state index < -0.39 is 41.4 Å². The number of carboxylic acid groups (broad SMARTS) is 1. The lowest BCUT2D eigenvalue weighted by molar-refractivity contribution is -0.577. The third-order valence-electron chi connectivity index (χ3n) is 8.69. The van der Waals surface area contributed by atoms with E-state index in [1.807, 2.05) is 6.92 Å². The second-order valence-electron chi connectivity index (χ2n) is 11.7. The molecule has 5 aliphatic rings. The highest BCUT2D eigenvalue weighted by Crippen LogP contribution is 2.60. The van der Waals surface area contributed by atoms with E-state index in [-0.39, 0.29) is 11.8 Å². The Morgan fingerprint density at radius 2 is 1.83 bits per heavy atom. The molecule has 0 radical (unpaired) electrons. The Kier molecular flexibility index (Phi) is 6.44. The summed E-state index contributed by atoms with van der Waals surface area (Å²) in [6.45, 7) is 9.54. The summed E-state index contributed by atoms with van der Waals surface area (Å²) in [5.74, 6) is -1.29. The summed E-state index contributed by atoms with van der Waals surface area (Å²) in [6, 6.07) is 6.94. The Hall–Kier alpha value is -2.04. The van der Waals surface area contributed by atoms with Crippen LogP contribution in [0.4, 0.5) is 0 Å². The molecule has 36 heavy (non-hydrogen) atoms. The van der Waals surface area contributed by atoms with Gasteiger partial charge in [0.25, 0.3) is 5.91 Å². The van der Waals surface area contributed by atoms with Crippen LogP contribution in [0.3, 0.4) is 0 Å². The molecule has 0 unspecified atom stereocenters. The molecule has 1 aromatic rings. The van der Waals surface area contributed by atoms with Gasteiger partial charge in [0.05, 0.1) is 6.61 Å². The van der Waals surface area contributed by atoms with Crippen LogP contribution in [0.25, 0.3) is 0 Å². The van der Waals surface area contributed by atoms with E-state index in [9.17, 15) is 14.7 Å². The standard InChI is InChI=1S/C27H37NO8/c1-15-6-11-20-16(2)22(33-24-27(20)19(15)12-13-26(5,34-24)35-36-27)32-14-17-7-9-18(10-8-17)21(29)28-25(3,4)23(30)31/h7-10,15-16,19-20,22,24H,6,11-14H2,1-5H3,(H,28,29)(H,30,31)/t15-,16-,19+,20+,22+,24-,26-,27-/m1/s1. The third-order valence-corrected chi connectivity index (χ3v) is 8.69. The number of fused-ring (bicyclic) bond motifs is 2. The second kappa shape index (κ2) is 9.06. The Balaban J connectivity index is 1.27. The normalized spacial score (nSPS) is 39.7. The molecule has 1 amide bonds. The molecular weight excluding hydrogens is 466 g/mol. The quantitative estimate of drug-likeness (QED) is 0.560. The van der Waals surface area contributed by atoms with Crippen molar-refractivity contribution >= 4 is 11.9 Å². The minimum atomic E-state index is -1.36. The van der Waals surface area contributed by atoms with Gasteiger partial charge in [0.1, 0.15) is 5.54 Å². The predicted molar refractivity (Wildman–Crippen MR) is 127 cm³/mol. The Morgan fingerprint density at radius 1 is 1.11 bits per heavy atom. The topological polar surface area (TPSA) is 113 Å². The number of ether oxygens (including phenoxy) is 3. The van der Waals surface area contributed by atoms with Crippen molar-refractivity contribution in [2.45, 2.75) is 96.4 Å². The van der Waals surface area contributed by atoms with Crippen molar-refractivity contribution in [2.75, 3.05) is 0 Å². The fraction of sp³-hybridized carbons (Fsp3) is 0.704. The highest BCUT2D eigenvalue weighted by atomic mass is 17.3. The Labute approximate surface area is 211 Å². The number of carbonyl (C=O) groups is 2. The molecule has 2 N–H and O–H groups in total. The number of amides is 1. The summed E-state index contributed by atoms with van der Waals surface area (Å²) in [5, 5.41) is 11.8. The lowest BCUT2D eigenvalue weighted by atomic mass is 9.58. The minimum Gasteiger partial charge on any atom is -0.480 e. The summed E-state index contributed by atoms with van der Waals surface area (Å²) in [4.78, 5) is 35.8. The van der Waals surface area contributed by atoms with Crippen molar-refractivity contribution in [1.82, 2.24) is 5.32 Å². The van der Waals surface area contributed by atoms with Crippen LogP contribution in [0.1, 0.15) is 76.2 Å². The first-order valence-electron chi connectivity index (χ1n) is 12.9. The number of rotatable bonds is 6. The zero-order valence-corrected chi connectivity index (χ0v) is 21.6.